The number of likely N-dealkylation sites (N-methyl/N-ethyl adjacent to an activating group) is 1. The Morgan fingerprint density at radius 2 is 2.00 bits per heavy atom. The number of nitrogens with two attached hydrogens (primary N) is 1. The molecular weight excluding hydrogens is 222 g/mol. The van der Waals surface area contributed by atoms with E-state index in [0.29, 0.717) is 17.8 Å². The molecule has 2 rings (SSSR count). The van der Waals surface area contributed by atoms with Crippen LogP contribution in [0.1, 0.15) is 37.3 Å². The van der Waals surface area contributed by atoms with Gasteiger partial charge in [0, 0.05) is 12.1 Å². The van der Waals surface area contributed by atoms with Gasteiger partial charge in [0.1, 0.15) is 5.84 Å². The molecule has 1 heterocycles. The van der Waals surface area contributed by atoms with Crippen LogP contribution in [0, 0.1) is 0 Å². The van der Waals surface area contributed by atoms with Crippen LogP contribution in [-0.4, -0.2) is 36.9 Å². The molecule has 98 valence electrons. The van der Waals surface area contributed by atoms with Crippen LogP contribution in [0.15, 0.2) is 29.3 Å². The Labute approximate surface area is 110 Å². The molecule has 2 N–H and O–H groups in total. The SMILES string of the molecule is CC(C)c1ccc(C(N)=NC2CCN(C)C2)cc1. The number of amidine groups is 1. The van der Waals surface area contributed by atoms with Crippen LogP contribution in [0.2, 0.25) is 0 Å². The zero-order valence-corrected chi connectivity index (χ0v) is 11.6. The lowest BCUT2D eigenvalue weighted by Crippen LogP contribution is -2.20. The second-order valence-corrected chi connectivity index (χ2v) is 5.50. The van der Waals surface area contributed by atoms with Crippen molar-refractivity contribution in [1.29, 1.82) is 0 Å². The van der Waals surface area contributed by atoms with Gasteiger partial charge in [-0.3, -0.25) is 4.99 Å². The van der Waals surface area contributed by atoms with E-state index in [1.165, 1.54) is 5.56 Å². The average Bonchev–Trinajstić information content (AvgIpc) is 2.75. The molecule has 0 saturated carbocycles. The zero-order valence-electron chi connectivity index (χ0n) is 11.6. The molecule has 0 amide bonds. The van der Waals surface area contributed by atoms with Gasteiger partial charge < -0.3 is 10.6 Å². The lowest BCUT2D eigenvalue weighted by molar-refractivity contribution is 0.411. The smallest absolute Gasteiger partial charge is 0.125 e. The predicted molar refractivity (Wildman–Crippen MR) is 77.2 cm³/mol. The molecule has 0 aromatic heterocycles. The Kier molecular flexibility index (Phi) is 4.02. The van der Waals surface area contributed by atoms with E-state index in [1.807, 2.05) is 0 Å². The topological polar surface area (TPSA) is 41.6 Å². The van der Waals surface area contributed by atoms with Crippen molar-refractivity contribution in [2.24, 2.45) is 10.7 Å². The molecule has 3 heteroatoms. The van der Waals surface area contributed by atoms with Crippen LogP contribution >= 0.6 is 0 Å². The summed E-state index contributed by atoms with van der Waals surface area (Å²) >= 11 is 0. The van der Waals surface area contributed by atoms with Gasteiger partial charge in [-0.05, 0) is 31.5 Å². The minimum Gasteiger partial charge on any atom is -0.383 e. The van der Waals surface area contributed by atoms with Gasteiger partial charge in [-0.25, -0.2) is 0 Å². The van der Waals surface area contributed by atoms with Crippen LogP contribution in [0.25, 0.3) is 0 Å². The Bertz CT molecular complexity index is 420. The normalized spacial score (nSPS) is 21.8. The summed E-state index contributed by atoms with van der Waals surface area (Å²) < 4.78 is 0. The van der Waals surface area contributed by atoms with E-state index in [0.717, 1.165) is 25.1 Å². The van der Waals surface area contributed by atoms with Gasteiger partial charge in [-0.2, -0.15) is 0 Å². The number of benzene rings is 1. The lowest BCUT2D eigenvalue weighted by atomic mass is 10.0. The number of hydrogen-bond donors (Lipinski definition) is 1. The summed E-state index contributed by atoms with van der Waals surface area (Å²) in [7, 11) is 2.13. The van der Waals surface area contributed by atoms with Crippen molar-refractivity contribution < 1.29 is 0 Å². The maximum atomic E-state index is 6.08. The van der Waals surface area contributed by atoms with Crippen molar-refractivity contribution in [2.75, 3.05) is 20.1 Å². The number of aliphatic imine (C=N–C) groups is 1. The Morgan fingerprint density at radius 1 is 1.33 bits per heavy atom. The summed E-state index contributed by atoms with van der Waals surface area (Å²) in [4.78, 5) is 6.92. The third kappa shape index (κ3) is 3.10. The zero-order chi connectivity index (χ0) is 13.1. The maximum absolute atomic E-state index is 6.08. The predicted octanol–water partition coefficient (Wildman–Crippen LogP) is 2.22. The number of hydrogen-bond acceptors (Lipinski definition) is 2. The first-order chi connectivity index (χ1) is 8.56. The van der Waals surface area contributed by atoms with E-state index in [2.05, 4.69) is 55.1 Å². The van der Waals surface area contributed by atoms with Crippen molar-refractivity contribution in [3.05, 3.63) is 35.4 Å². The van der Waals surface area contributed by atoms with Crippen LogP contribution in [0.3, 0.4) is 0 Å². The summed E-state index contributed by atoms with van der Waals surface area (Å²) in [6, 6.07) is 8.80. The minimum absolute atomic E-state index is 0.361. The van der Waals surface area contributed by atoms with E-state index in [-0.39, 0.29) is 0 Å². The van der Waals surface area contributed by atoms with Gasteiger partial charge in [-0.1, -0.05) is 38.1 Å². The van der Waals surface area contributed by atoms with Crippen LogP contribution in [-0.2, 0) is 0 Å². The molecule has 0 aliphatic carbocycles. The fraction of sp³-hybridized carbons (Fsp3) is 0.533. The van der Waals surface area contributed by atoms with Gasteiger partial charge in [0.15, 0.2) is 0 Å². The quantitative estimate of drug-likeness (QED) is 0.655. The van der Waals surface area contributed by atoms with Crippen LogP contribution in [0.5, 0.6) is 0 Å². The standard InChI is InChI=1S/C15H23N3/c1-11(2)12-4-6-13(7-5-12)15(16)17-14-8-9-18(3)10-14/h4-7,11,14H,8-10H2,1-3H3,(H2,16,17). The molecule has 1 aliphatic heterocycles. The van der Waals surface area contributed by atoms with Gasteiger partial charge in [0.25, 0.3) is 0 Å². The highest BCUT2D eigenvalue weighted by molar-refractivity contribution is 5.97. The second kappa shape index (κ2) is 5.53. The average molecular weight is 245 g/mol. The first-order valence-corrected chi connectivity index (χ1v) is 6.68. The molecule has 0 radical (unpaired) electrons. The van der Waals surface area contributed by atoms with Gasteiger partial charge >= 0.3 is 0 Å². The van der Waals surface area contributed by atoms with Crippen molar-refractivity contribution in [3.63, 3.8) is 0 Å². The van der Waals surface area contributed by atoms with Crippen molar-refractivity contribution in [1.82, 2.24) is 4.90 Å². The molecule has 18 heavy (non-hydrogen) atoms. The molecule has 1 aromatic carbocycles. The molecule has 0 spiro atoms. The number of nitrogens with zero attached hydrogens (tertiary/aromatic N) is 2. The minimum atomic E-state index is 0.361. The second-order valence-electron chi connectivity index (χ2n) is 5.50. The first kappa shape index (κ1) is 13.1. The molecular formula is C15H23N3. The third-order valence-electron chi connectivity index (χ3n) is 3.56. The van der Waals surface area contributed by atoms with Gasteiger partial charge in [0.2, 0.25) is 0 Å². The van der Waals surface area contributed by atoms with Gasteiger partial charge in [-0.15, -0.1) is 0 Å². The summed E-state index contributed by atoms with van der Waals surface area (Å²) in [5.41, 5.74) is 8.45. The summed E-state index contributed by atoms with van der Waals surface area (Å²) in [6.07, 6.45) is 1.11. The van der Waals surface area contributed by atoms with E-state index in [1.54, 1.807) is 0 Å². The summed E-state index contributed by atoms with van der Waals surface area (Å²) in [5, 5.41) is 0. The summed E-state index contributed by atoms with van der Waals surface area (Å²) in [6.45, 7) is 6.53. The maximum Gasteiger partial charge on any atom is 0.125 e. The number of likely N-dealkylation sites (tertiary alicyclic amines) is 1. The fourth-order valence-corrected chi connectivity index (χ4v) is 2.33. The van der Waals surface area contributed by atoms with Crippen LogP contribution in [0.4, 0.5) is 0 Å². The molecule has 1 unspecified atom stereocenters. The van der Waals surface area contributed by atoms with E-state index in [9.17, 15) is 0 Å². The first-order valence-electron chi connectivity index (χ1n) is 6.68. The molecule has 1 aromatic rings. The highest BCUT2D eigenvalue weighted by Crippen LogP contribution is 2.15. The van der Waals surface area contributed by atoms with Crippen molar-refractivity contribution >= 4 is 5.84 Å². The number of rotatable bonds is 3. The molecule has 1 atom stereocenters. The highest BCUT2D eigenvalue weighted by atomic mass is 15.1. The molecule has 1 fully saturated rings. The Morgan fingerprint density at radius 3 is 2.50 bits per heavy atom. The summed E-state index contributed by atoms with van der Waals surface area (Å²) in [5.74, 6) is 1.23. The highest BCUT2D eigenvalue weighted by Gasteiger charge is 2.18. The monoisotopic (exact) mass is 245 g/mol. The van der Waals surface area contributed by atoms with Crippen LogP contribution < -0.4 is 5.73 Å². The lowest BCUT2D eigenvalue weighted by Gasteiger charge is -2.09. The Balaban J connectivity index is 2.08. The van der Waals surface area contributed by atoms with Gasteiger partial charge in [0.05, 0.1) is 6.04 Å². The third-order valence-corrected chi connectivity index (χ3v) is 3.56. The molecule has 1 saturated heterocycles. The van der Waals surface area contributed by atoms with E-state index in [4.69, 9.17) is 5.73 Å². The molecule has 1 aliphatic rings. The van der Waals surface area contributed by atoms with E-state index >= 15 is 0 Å². The van der Waals surface area contributed by atoms with Crippen molar-refractivity contribution in [3.8, 4) is 0 Å². The molecule has 0 bridgehead atoms. The fourth-order valence-electron chi connectivity index (χ4n) is 2.33. The van der Waals surface area contributed by atoms with E-state index < -0.39 is 0 Å². The molecule has 3 nitrogen and oxygen atoms in total. The Hall–Kier alpha value is -1.35. The van der Waals surface area contributed by atoms with Crippen molar-refractivity contribution in [2.45, 2.75) is 32.2 Å². The largest absolute Gasteiger partial charge is 0.383 e.